The van der Waals surface area contributed by atoms with Gasteiger partial charge in [-0.3, -0.25) is 0 Å². The number of rotatable bonds is 8. The van der Waals surface area contributed by atoms with Crippen molar-refractivity contribution >= 4 is 5.82 Å². The number of aromatic nitrogens is 3. The Morgan fingerprint density at radius 3 is 2.57 bits per heavy atom. The van der Waals surface area contributed by atoms with E-state index in [1.807, 2.05) is 43.3 Å². The summed E-state index contributed by atoms with van der Waals surface area (Å²) < 4.78 is 5.66. The van der Waals surface area contributed by atoms with Crippen molar-refractivity contribution in [3.63, 3.8) is 0 Å². The number of hydrogen-bond acceptors (Lipinski definition) is 6. The third-order valence-electron chi connectivity index (χ3n) is 4.71. The molecule has 30 heavy (non-hydrogen) atoms. The molecule has 0 radical (unpaired) electrons. The zero-order valence-electron chi connectivity index (χ0n) is 17.2. The first-order valence-electron chi connectivity index (χ1n) is 9.81. The molecule has 1 heterocycles. The second kappa shape index (κ2) is 9.25. The lowest BCUT2D eigenvalue weighted by atomic mass is 10.1. The molecule has 1 unspecified atom stereocenters. The monoisotopic (exact) mass is 411 g/mol. The van der Waals surface area contributed by atoms with E-state index in [-0.39, 0.29) is 5.49 Å². The molecule has 0 aliphatic rings. The van der Waals surface area contributed by atoms with Gasteiger partial charge in [-0.2, -0.15) is 0 Å². The molecule has 0 aliphatic heterocycles. The Morgan fingerprint density at radius 2 is 1.93 bits per heavy atom. The van der Waals surface area contributed by atoms with Crippen LogP contribution in [0.5, 0.6) is 5.75 Å². The maximum atomic E-state index is 11.5. The van der Waals surface area contributed by atoms with Crippen LogP contribution in [0.3, 0.4) is 0 Å². The molecule has 0 saturated carbocycles. The highest BCUT2D eigenvalue weighted by Gasteiger charge is 2.25. The molecular weight excluding hydrogens is 386 g/mol. The molecule has 9 heteroatoms. The van der Waals surface area contributed by atoms with Crippen LogP contribution in [-0.2, 0) is 0 Å². The van der Waals surface area contributed by atoms with Crippen molar-refractivity contribution < 1.29 is 14.9 Å². The van der Waals surface area contributed by atoms with Crippen LogP contribution >= 0.6 is 0 Å². The topological polar surface area (TPSA) is 108 Å². The molecule has 0 aliphatic carbocycles. The number of unbranched alkanes of at least 4 members (excludes halogenated alkanes) is 1. The van der Waals surface area contributed by atoms with Crippen molar-refractivity contribution in [1.29, 1.82) is 0 Å². The van der Waals surface area contributed by atoms with Crippen LogP contribution in [-0.4, -0.2) is 31.5 Å². The van der Waals surface area contributed by atoms with Gasteiger partial charge in [0.15, 0.2) is 0 Å². The average molecular weight is 411 g/mol. The van der Waals surface area contributed by atoms with Crippen molar-refractivity contribution in [2.75, 3.05) is 6.61 Å². The molecule has 1 N–H and O–H groups in total. The van der Waals surface area contributed by atoms with Crippen molar-refractivity contribution in [1.82, 2.24) is 14.7 Å². The molecule has 0 bridgehead atoms. The molecule has 3 rings (SSSR count). The van der Waals surface area contributed by atoms with E-state index in [0.717, 1.165) is 34.5 Å². The molecule has 0 amide bonds. The van der Waals surface area contributed by atoms with Gasteiger partial charge in [-0.15, -0.1) is 0 Å². The summed E-state index contributed by atoms with van der Waals surface area (Å²) in [7, 11) is 0. The van der Waals surface area contributed by atoms with E-state index in [4.69, 9.17) is 4.74 Å². The number of ether oxygens (including phenoxy) is 1. The minimum atomic E-state index is -0.655. The van der Waals surface area contributed by atoms with Gasteiger partial charge in [-0.05, 0) is 59.3 Å². The molecule has 0 fully saturated rings. The summed E-state index contributed by atoms with van der Waals surface area (Å²) in [4.78, 5) is 16.9. The first-order chi connectivity index (χ1) is 14.4. The minimum Gasteiger partial charge on any atom is -0.494 e. The van der Waals surface area contributed by atoms with E-state index in [1.165, 1.54) is 0 Å². The Balaban J connectivity index is 1.96. The maximum absolute atomic E-state index is 11.5. The van der Waals surface area contributed by atoms with Gasteiger partial charge < -0.3 is 20.1 Å². The molecule has 2 aromatic carbocycles. The van der Waals surface area contributed by atoms with Gasteiger partial charge in [-0.25, -0.2) is 4.99 Å². The van der Waals surface area contributed by atoms with Crippen LogP contribution in [0.15, 0.2) is 53.5 Å². The summed E-state index contributed by atoms with van der Waals surface area (Å²) in [5.41, 5.74) is 1.93. The number of hydrogen-bond donors (Lipinski definition) is 1. The Hall–Kier alpha value is -3.62. The van der Waals surface area contributed by atoms with Gasteiger partial charge in [0.25, 0.3) is 5.49 Å². The van der Waals surface area contributed by atoms with Gasteiger partial charge in [0.1, 0.15) is 11.4 Å². The van der Waals surface area contributed by atoms with Gasteiger partial charge in [0.2, 0.25) is 0 Å². The van der Waals surface area contributed by atoms with Crippen LogP contribution in [0, 0.1) is 17.0 Å². The third kappa shape index (κ3) is 4.51. The van der Waals surface area contributed by atoms with E-state index in [9.17, 15) is 15.3 Å². The van der Waals surface area contributed by atoms with Gasteiger partial charge in [-0.1, -0.05) is 48.5 Å². The smallest absolute Gasteiger partial charge is 0.438 e. The Kier molecular flexibility index (Phi) is 6.51. The molecule has 158 valence electrons. The van der Waals surface area contributed by atoms with E-state index >= 15 is 0 Å². The van der Waals surface area contributed by atoms with Crippen LogP contribution in [0.25, 0.3) is 5.69 Å². The van der Waals surface area contributed by atoms with E-state index < -0.39 is 16.8 Å². The summed E-state index contributed by atoms with van der Waals surface area (Å²) in [5.74, 6) is 0.238. The largest absolute Gasteiger partial charge is 0.494 e. The normalized spacial score (nSPS) is 12.7. The molecule has 9 nitrogen and oxygen atoms in total. The molecule has 1 aromatic heterocycles. The molecule has 0 spiro atoms. The van der Waals surface area contributed by atoms with Gasteiger partial charge in [0.05, 0.1) is 17.7 Å². The molecule has 3 aromatic rings. The maximum Gasteiger partial charge on any atom is 0.438 e. The highest BCUT2D eigenvalue weighted by Crippen LogP contribution is 2.21. The predicted octanol–water partition coefficient (Wildman–Crippen LogP) is 3.97. The first-order valence-corrected chi connectivity index (χ1v) is 9.81. The molecule has 0 saturated heterocycles. The number of nitrogens with zero attached hydrogens (tertiary/aromatic N) is 5. The van der Waals surface area contributed by atoms with Crippen LogP contribution in [0.4, 0.5) is 5.82 Å². The Labute approximate surface area is 174 Å². The van der Waals surface area contributed by atoms with Crippen molar-refractivity contribution in [2.24, 2.45) is 4.99 Å². The highest BCUT2D eigenvalue weighted by atomic mass is 16.6. The Morgan fingerprint density at radius 1 is 1.23 bits per heavy atom. The summed E-state index contributed by atoms with van der Waals surface area (Å²) >= 11 is 0. The van der Waals surface area contributed by atoms with Crippen LogP contribution < -0.4 is 10.2 Å². The van der Waals surface area contributed by atoms with Crippen LogP contribution in [0.2, 0.25) is 0 Å². The number of benzene rings is 2. The predicted molar refractivity (Wildman–Crippen MR) is 111 cm³/mol. The Bertz CT molecular complexity index is 1090. The van der Waals surface area contributed by atoms with Crippen molar-refractivity contribution in [3.8, 4) is 11.4 Å². The lowest BCUT2D eigenvalue weighted by Crippen LogP contribution is -2.23. The minimum absolute atomic E-state index is 0.223. The van der Waals surface area contributed by atoms with Crippen molar-refractivity contribution in [3.05, 3.63) is 75.3 Å². The summed E-state index contributed by atoms with van der Waals surface area (Å²) in [6, 6.07) is 14.1. The van der Waals surface area contributed by atoms with E-state index in [1.54, 1.807) is 19.1 Å². The molecular formula is C21H25N5O4. The zero-order chi connectivity index (χ0) is 21.7. The standard InChI is InChI=1S/C21H25N5O4/c1-4-5-14-30-18-12-10-17(11-13-18)16(3)22-20-21(26(28)29)23-24(25(20)27)19-9-7-6-8-15(19)2/h6-13,16,27H,4-5,14H2,1-3H3. The van der Waals surface area contributed by atoms with E-state index in [0.29, 0.717) is 17.1 Å². The second-order valence-electron chi connectivity index (χ2n) is 6.95. The number of aryl methyl sites for hydroxylation is 1. The third-order valence-corrected chi connectivity index (χ3v) is 4.71. The first kappa shape index (κ1) is 21.1. The SMILES string of the molecule is CCCCOc1ccc(C(C)N=c2c([N+](=O)[O-])nn(-c3ccccc3C)n2O)cc1. The van der Waals surface area contributed by atoms with Gasteiger partial charge in [0, 0.05) is 0 Å². The summed E-state index contributed by atoms with van der Waals surface area (Å²) in [6.07, 6.45) is 2.04. The van der Waals surface area contributed by atoms with Gasteiger partial charge >= 0.3 is 5.82 Å². The number of nitro groups is 1. The lowest BCUT2D eigenvalue weighted by molar-refractivity contribution is -0.391. The lowest BCUT2D eigenvalue weighted by Gasteiger charge is -2.09. The number of para-hydroxylation sites is 1. The molecule has 1 atom stereocenters. The average Bonchev–Trinajstić information content (AvgIpc) is 3.05. The van der Waals surface area contributed by atoms with Crippen molar-refractivity contribution in [2.45, 2.75) is 39.7 Å². The fraction of sp³-hybridized carbons (Fsp3) is 0.333. The summed E-state index contributed by atoms with van der Waals surface area (Å²) in [5, 5.41) is 26.1. The summed E-state index contributed by atoms with van der Waals surface area (Å²) in [6.45, 7) is 6.38. The fourth-order valence-electron chi connectivity index (χ4n) is 2.96. The quantitative estimate of drug-likeness (QED) is 0.261. The highest BCUT2D eigenvalue weighted by molar-refractivity contribution is 5.38. The van der Waals surface area contributed by atoms with Crippen LogP contribution in [0.1, 0.15) is 43.9 Å². The zero-order valence-corrected chi connectivity index (χ0v) is 17.2. The fourth-order valence-corrected chi connectivity index (χ4v) is 2.96. The van der Waals surface area contributed by atoms with E-state index in [2.05, 4.69) is 17.0 Å². The second-order valence-corrected chi connectivity index (χ2v) is 6.95.